The van der Waals surface area contributed by atoms with Crippen molar-refractivity contribution in [2.24, 2.45) is 5.92 Å². The van der Waals surface area contributed by atoms with E-state index in [0.717, 1.165) is 31.8 Å². The third-order valence-electron chi connectivity index (χ3n) is 5.67. The zero-order valence-corrected chi connectivity index (χ0v) is 14.5. The summed E-state index contributed by atoms with van der Waals surface area (Å²) in [6, 6.07) is 10.6. The molecule has 2 heterocycles. The molecule has 2 aromatic rings. The van der Waals surface area contributed by atoms with Crippen LogP contribution in [0, 0.1) is 5.92 Å². The van der Waals surface area contributed by atoms with E-state index >= 15 is 0 Å². The molecule has 132 valence electrons. The molecule has 1 saturated heterocycles. The molecule has 2 aliphatic rings. The zero-order valence-electron chi connectivity index (χ0n) is 14.5. The van der Waals surface area contributed by atoms with E-state index in [4.69, 9.17) is 0 Å². The van der Waals surface area contributed by atoms with Crippen LogP contribution in [-0.2, 0) is 0 Å². The summed E-state index contributed by atoms with van der Waals surface area (Å²) in [5, 5.41) is 3.33. The van der Waals surface area contributed by atoms with E-state index in [-0.39, 0.29) is 12.1 Å². The molecule has 5 nitrogen and oxygen atoms in total. The van der Waals surface area contributed by atoms with Gasteiger partial charge < -0.3 is 15.2 Å². The summed E-state index contributed by atoms with van der Waals surface area (Å²) in [5.74, 6) is 1.88. The Bertz CT molecular complexity index is 681. The van der Waals surface area contributed by atoms with Gasteiger partial charge in [0.2, 0.25) is 0 Å². The first-order valence-electron chi connectivity index (χ1n) is 9.41. The van der Waals surface area contributed by atoms with Crippen LogP contribution >= 0.6 is 0 Å². The van der Waals surface area contributed by atoms with Gasteiger partial charge in [-0.05, 0) is 37.2 Å². The van der Waals surface area contributed by atoms with Gasteiger partial charge >= 0.3 is 6.03 Å². The van der Waals surface area contributed by atoms with Crippen LogP contribution in [0.3, 0.4) is 0 Å². The molecule has 1 aliphatic heterocycles. The number of aromatic nitrogens is 2. The van der Waals surface area contributed by atoms with Crippen LogP contribution in [0.2, 0.25) is 0 Å². The van der Waals surface area contributed by atoms with Gasteiger partial charge in [-0.15, -0.1) is 0 Å². The summed E-state index contributed by atoms with van der Waals surface area (Å²) in [6.07, 6.45) is 9.44. The Hall–Kier alpha value is -2.30. The number of piperidine rings is 1. The van der Waals surface area contributed by atoms with Crippen molar-refractivity contribution in [1.82, 2.24) is 20.2 Å². The van der Waals surface area contributed by atoms with Gasteiger partial charge in [0.1, 0.15) is 5.82 Å². The van der Waals surface area contributed by atoms with E-state index < -0.39 is 0 Å². The predicted octanol–water partition coefficient (Wildman–Crippen LogP) is 3.84. The number of hydrogen-bond acceptors (Lipinski definition) is 2. The van der Waals surface area contributed by atoms with Gasteiger partial charge in [0.15, 0.2) is 0 Å². The highest BCUT2D eigenvalue weighted by molar-refractivity contribution is 5.75. The van der Waals surface area contributed by atoms with E-state index in [1.54, 1.807) is 6.20 Å². The maximum atomic E-state index is 12.9. The molecule has 1 aromatic carbocycles. The smallest absolute Gasteiger partial charge is 0.317 e. The normalized spacial score (nSPS) is 22.2. The van der Waals surface area contributed by atoms with Crippen molar-refractivity contribution in [3.8, 4) is 0 Å². The van der Waals surface area contributed by atoms with Gasteiger partial charge in [-0.1, -0.05) is 36.8 Å². The van der Waals surface area contributed by atoms with Gasteiger partial charge in [0.05, 0.1) is 6.04 Å². The molecule has 0 bridgehead atoms. The maximum absolute atomic E-state index is 12.9. The third-order valence-corrected chi connectivity index (χ3v) is 5.67. The van der Waals surface area contributed by atoms with Crippen molar-refractivity contribution in [1.29, 1.82) is 0 Å². The van der Waals surface area contributed by atoms with E-state index in [1.807, 2.05) is 17.2 Å². The molecule has 2 N–H and O–H groups in total. The average molecular weight is 338 g/mol. The molecule has 2 fully saturated rings. The fourth-order valence-electron chi connectivity index (χ4n) is 4.02. The first-order chi connectivity index (χ1) is 12.3. The predicted molar refractivity (Wildman–Crippen MR) is 97.2 cm³/mol. The first-order valence-corrected chi connectivity index (χ1v) is 9.41. The van der Waals surface area contributed by atoms with Gasteiger partial charge in [0.25, 0.3) is 0 Å². The van der Waals surface area contributed by atoms with Crippen LogP contribution in [0.25, 0.3) is 0 Å². The van der Waals surface area contributed by atoms with E-state index in [9.17, 15) is 4.79 Å². The Morgan fingerprint density at radius 3 is 2.72 bits per heavy atom. The number of urea groups is 1. The third kappa shape index (κ3) is 3.55. The monoisotopic (exact) mass is 338 g/mol. The number of likely N-dealkylation sites (tertiary alicyclic amines) is 1. The minimum Gasteiger partial charge on any atom is -0.348 e. The maximum Gasteiger partial charge on any atom is 0.317 e. The van der Waals surface area contributed by atoms with Crippen molar-refractivity contribution < 1.29 is 4.79 Å². The lowest BCUT2D eigenvalue weighted by atomic mass is 9.77. The molecule has 5 heteroatoms. The Balaban J connectivity index is 1.44. The standard InChI is InChI=1S/C20H26N4O/c25-20(24-13-5-10-17(14-24)19-21-11-12-22-19)23-18(16-8-4-9-16)15-6-2-1-3-7-15/h1-3,6-7,11-12,16-18H,4-5,8-10,13-14H2,(H,21,22)(H,23,25)/t17-,18-/m1/s1. The molecule has 25 heavy (non-hydrogen) atoms. The lowest BCUT2D eigenvalue weighted by Crippen LogP contribution is -2.48. The van der Waals surface area contributed by atoms with Crippen molar-refractivity contribution in [3.05, 3.63) is 54.1 Å². The summed E-state index contributed by atoms with van der Waals surface area (Å²) in [4.78, 5) is 22.5. The topological polar surface area (TPSA) is 61.0 Å². The van der Waals surface area contributed by atoms with Gasteiger partial charge in [-0.2, -0.15) is 0 Å². The zero-order chi connectivity index (χ0) is 17.1. The molecule has 1 saturated carbocycles. The summed E-state index contributed by atoms with van der Waals surface area (Å²) >= 11 is 0. The molecule has 1 aromatic heterocycles. The summed E-state index contributed by atoms with van der Waals surface area (Å²) < 4.78 is 0. The molecule has 1 aliphatic carbocycles. The Morgan fingerprint density at radius 1 is 1.20 bits per heavy atom. The van der Waals surface area contributed by atoms with E-state index in [1.165, 1.54) is 24.8 Å². The van der Waals surface area contributed by atoms with Crippen molar-refractivity contribution >= 4 is 6.03 Å². The summed E-state index contributed by atoms with van der Waals surface area (Å²) in [6.45, 7) is 1.57. The highest BCUT2D eigenvalue weighted by Crippen LogP contribution is 2.38. The highest BCUT2D eigenvalue weighted by Gasteiger charge is 2.32. The molecule has 4 rings (SSSR count). The van der Waals surface area contributed by atoms with Gasteiger partial charge in [-0.25, -0.2) is 9.78 Å². The number of rotatable bonds is 4. The first kappa shape index (κ1) is 16.2. The molecule has 2 amide bonds. The van der Waals surface area contributed by atoms with E-state index in [0.29, 0.717) is 11.8 Å². The number of hydrogen-bond donors (Lipinski definition) is 2. The number of amides is 2. The largest absolute Gasteiger partial charge is 0.348 e. The van der Waals surface area contributed by atoms with Crippen molar-refractivity contribution in [2.45, 2.75) is 44.1 Å². The molecule has 0 unspecified atom stereocenters. The van der Waals surface area contributed by atoms with Crippen LogP contribution < -0.4 is 5.32 Å². The highest BCUT2D eigenvalue weighted by atomic mass is 16.2. The minimum absolute atomic E-state index is 0.0667. The fourth-order valence-corrected chi connectivity index (χ4v) is 4.02. The van der Waals surface area contributed by atoms with Crippen LogP contribution in [0.4, 0.5) is 4.79 Å². The van der Waals surface area contributed by atoms with Crippen LogP contribution in [0.1, 0.15) is 55.5 Å². The molecule has 0 radical (unpaired) electrons. The number of benzene rings is 1. The Morgan fingerprint density at radius 2 is 2.04 bits per heavy atom. The van der Waals surface area contributed by atoms with E-state index in [2.05, 4.69) is 39.6 Å². The van der Waals surface area contributed by atoms with Crippen LogP contribution in [0.15, 0.2) is 42.7 Å². The van der Waals surface area contributed by atoms with Gasteiger partial charge in [-0.3, -0.25) is 0 Å². The number of H-pyrrole nitrogens is 1. The fraction of sp³-hybridized carbons (Fsp3) is 0.500. The SMILES string of the molecule is O=C(N[C@H](c1ccccc1)C1CCC1)N1CCC[C@@H](c2ncc[nH]2)C1. The summed E-state index contributed by atoms with van der Waals surface area (Å²) in [7, 11) is 0. The minimum atomic E-state index is 0.0667. The summed E-state index contributed by atoms with van der Waals surface area (Å²) in [5.41, 5.74) is 1.22. The lowest BCUT2D eigenvalue weighted by molar-refractivity contribution is 0.160. The molecular formula is C20H26N4O. The average Bonchev–Trinajstić information content (AvgIpc) is 3.15. The van der Waals surface area contributed by atoms with Crippen LogP contribution in [0.5, 0.6) is 0 Å². The Kier molecular flexibility index (Phi) is 4.72. The number of nitrogens with zero attached hydrogens (tertiary/aromatic N) is 2. The number of carbonyl (C=O) groups is 1. The number of carbonyl (C=O) groups excluding carboxylic acids is 1. The van der Waals surface area contributed by atoms with Gasteiger partial charge in [0, 0.05) is 31.4 Å². The number of nitrogens with one attached hydrogen (secondary N) is 2. The second kappa shape index (κ2) is 7.30. The second-order valence-corrected chi connectivity index (χ2v) is 7.29. The number of aromatic amines is 1. The van der Waals surface area contributed by atoms with Crippen molar-refractivity contribution in [2.75, 3.05) is 13.1 Å². The quantitative estimate of drug-likeness (QED) is 0.890. The second-order valence-electron chi connectivity index (χ2n) is 7.29. The Labute approximate surface area is 148 Å². The molecule has 2 atom stereocenters. The molecular weight excluding hydrogens is 312 g/mol. The van der Waals surface area contributed by atoms with Crippen molar-refractivity contribution in [3.63, 3.8) is 0 Å². The molecule has 0 spiro atoms. The lowest BCUT2D eigenvalue weighted by Gasteiger charge is -2.38. The number of imidazole rings is 1. The van der Waals surface area contributed by atoms with Crippen LogP contribution in [-0.4, -0.2) is 34.0 Å².